The van der Waals surface area contributed by atoms with E-state index in [1.807, 2.05) is 0 Å². The first-order valence-corrected chi connectivity index (χ1v) is 8.13. The second-order valence-electron chi connectivity index (χ2n) is 5.48. The van der Waals surface area contributed by atoms with Crippen LogP contribution < -0.4 is 5.43 Å². The Morgan fingerprint density at radius 3 is 2.52 bits per heavy atom. The Labute approximate surface area is 160 Å². The molecule has 27 heavy (non-hydrogen) atoms. The number of hydrogen-bond acceptors (Lipinski definition) is 4. The second kappa shape index (κ2) is 7.85. The molecule has 0 amide bonds. The molecule has 0 spiro atoms. The summed E-state index contributed by atoms with van der Waals surface area (Å²) in [4.78, 5) is 23.5. The number of nitrogens with zero attached hydrogens (tertiary/aromatic N) is 2. The van der Waals surface area contributed by atoms with Gasteiger partial charge in [-0.25, -0.2) is 4.39 Å². The van der Waals surface area contributed by atoms with Gasteiger partial charge in [-0.05, 0) is 17.7 Å². The van der Waals surface area contributed by atoms with E-state index in [1.165, 1.54) is 0 Å². The maximum absolute atomic E-state index is 14.3. The molecule has 5 nitrogen and oxygen atoms in total. The average molecular weight is 427 g/mol. The molecule has 1 atom stereocenters. The predicted octanol–water partition coefficient (Wildman–Crippen LogP) is 3.58. The van der Waals surface area contributed by atoms with E-state index in [-0.39, 0.29) is 22.6 Å². The molecular weight excluding hydrogens is 415 g/mol. The number of rotatable bonds is 4. The molecule has 0 saturated heterocycles. The summed E-state index contributed by atoms with van der Waals surface area (Å²) >= 11 is 11.8. The lowest BCUT2D eigenvalue weighted by molar-refractivity contribution is -0.144. The van der Waals surface area contributed by atoms with Crippen LogP contribution in [0.15, 0.2) is 23.0 Å². The Hall–Kier alpha value is -2.13. The summed E-state index contributed by atoms with van der Waals surface area (Å²) in [5.41, 5.74) is -3.11. The van der Waals surface area contributed by atoms with Gasteiger partial charge in [0, 0.05) is 30.1 Å². The van der Waals surface area contributed by atoms with Crippen LogP contribution in [0.4, 0.5) is 17.6 Å². The fraction of sp³-hybridized carbons (Fsp3) is 0.312. The zero-order chi connectivity index (χ0) is 20.5. The minimum atomic E-state index is -4.80. The summed E-state index contributed by atoms with van der Waals surface area (Å²) in [5.74, 6) is -1.71. The van der Waals surface area contributed by atoms with Crippen molar-refractivity contribution < 1.29 is 27.1 Å². The predicted molar refractivity (Wildman–Crippen MR) is 90.2 cm³/mol. The molecule has 1 aromatic heterocycles. The lowest BCUT2D eigenvalue weighted by atomic mass is 10.0. The highest BCUT2D eigenvalue weighted by molar-refractivity contribution is 6.32. The van der Waals surface area contributed by atoms with E-state index in [1.54, 1.807) is 0 Å². The molecular formula is C16H12Cl2F4N2O3. The number of aromatic nitrogens is 2. The minimum absolute atomic E-state index is 0.0745. The van der Waals surface area contributed by atoms with Crippen molar-refractivity contribution in [3.05, 3.63) is 50.5 Å². The van der Waals surface area contributed by atoms with E-state index < -0.39 is 40.2 Å². The fourth-order valence-electron chi connectivity index (χ4n) is 2.33. The van der Waals surface area contributed by atoms with Crippen molar-refractivity contribution >= 4 is 29.2 Å². The number of aryl methyl sites for hydroxylation is 1. The number of carbonyl (C=O) groups is 1. The van der Waals surface area contributed by atoms with Crippen LogP contribution in [-0.4, -0.2) is 28.2 Å². The van der Waals surface area contributed by atoms with Gasteiger partial charge in [-0.1, -0.05) is 11.6 Å². The van der Waals surface area contributed by atoms with Crippen LogP contribution in [0.1, 0.15) is 11.3 Å². The highest BCUT2D eigenvalue weighted by atomic mass is 35.5. The molecule has 2 aromatic rings. The van der Waals surface area contributed by atoms with Gasteiger partial charge in [0.15, 0.2) is 0 Å². The molecule has 1 aromatic carbocycles. The highest BCUT2D eigenvalue weighted by Gasteiger charge is 2.34. The summed E-state index contributed by atoms with van der Waals surface area (Å²) in [7, 11) is 2.11. The molecule has 2 rings (SSSR count). The van der Waals surface area contributed by atoms with Gasteiger partial charge in [0.1, 0.15) is 22.6 Å². The van der Waals surface area contributed by atoms with Crippen molar-refractivity contribution in [1.82, 2.24) is 9.78 Å². The van der Waals surface area contributed by atoms with Crippen LogP contribution >= 0.6 is 23.2 Å². The van der Waals surface area contributed by atoms with Crippen molar-refractivity contribution in [3.8, 4) is 11.3 Å². The van der Waals surface area contributed by atoms with Crippen molar-refractivity contribution in [2.45, 2.75) is 18.0 Å². The third-order valence-electron chi connectivity index (χ3n) is 3.64. The first-order chi connectivity index (χ1) is 12.5. The van der Waals surface area contributed by atoms with Crippen molar-refractivity contribution in [3.63, 3.8) is 0 Å². The monoisotopic (exact) mass is 426 g/mol. The molecule has 11 heteroatoms. The van der Waals surface area contributed by atoms with Gasteiger partial charge in [0.25, 0.3) is 0 Å². The van der Waals surface area contributed by atoms with Crippen LogP contribution in [-0.2, 0) is 29.2 Å². The van der Waals surface area contributed by atoms with Crippen LogP contribution in [0, 0.1) is 5.82 Å². The standard InChI is InChI=1S/C16H12Cl2F4N2O3/c1-24-13(16(20,21)22)6-12(25)14(23-24)8-3-7(9(17)5-11(8)19)4-10(18)15(26)27-2/h3,5-6,10H,4H2,1-2H3. The molecule has 0 aliphatic carbocycles. The van der Waals surface area contributed by atoms with E-state index in [0.29, 0.717) is 10.7 Å². The average Bonchev–Trinajstić information content (AvgIpc) is 2.57. The topological polar surface area (TPSA) is 61.2 Å². The number of carbonyl (C=O) groups excluding carboxylic acids is 1. The first kappa shape index (κ1) is 21.2. The van der Waals surface area contributed by atoms with Crippen molar-refractivity contribution in [1.29, 1.82) is 0 Å². The number of esters is 1. The van der Waals surface area contributed by atoms with Crippen LogP contribution in [0.25, 0.3) is 11.3 Å². The molecule has 1 unspecified atom stereocenters. The summed E-state index contributed by atoms with van der Waals surface area (Å²) in [6, 6.07) is 2.31. The molecule has 1 heterocycles. The second-order valence-corrected chi connectivity index (χ2v) is 6.42. The van der Waals surface area contributed by atoms with E-state index in [9.17, 15) is 27.2 Å². The third kappa shape index (κ3) is 4.59. The summed E-state index contributed by atoms with van der Waals surface area (Å²) in [5, 5.41) is 2.34. The Morgan fingerprint density at radius 2 is 1.96 bits per heavy atom. The smallest absolute Gasteiger partial charge is 0.433 e. The Bertz CT molecular complexity index is 944. The Kier molecular flexibility index (Phi) is 6.16. The summed E-state index contributed by atoms with van der Waals surface area (Å²) in [6.07, 6.45) is -4.95. The SMILES string of the molecule is COC(=O)C(Cl)Cc1cc(-c2nn(C)c(C(F)(F)F)cc2=O)c(F)cc1Cl. The Balaban J connectivity index is 2.57. The number of halogens is 6. The van der Waals surface area contributed by atoms with Crippen molar-refractivity contribution in [2.75, 3.05) is 7.11 Å². The number of hydrogen-bond donors (Lipinski definition) is 0. The van der Waals surface area contributed by atoms with Crippen LogP contribution in [0.5, 0.6) is 0 Å². The first-order valence-electron chi connectivity index (χ1n) is 7.31. The van der Waals surface area contributed by atoms with Gasteiger partial charge in [0.2, 0.25) is 5.43 Å². The fourth-order valence-corrected chi connectivity index (χ4v) is 2.81. The van der Waals surface area contributed by atoms with Gasteiger partial charge in [0.05, 0.1) is 7.11 Å². The van der Waals surface area contributed by atoms with Crippen LogP contribution in [0.3, 0.4) is 0 Å². The largest absolute Gasteiger partial charge is 0.468 e. The maximum Gasteiger partial charge on any atom is 0.433 e. The van der Waals surface area contributed by atoms with E-state index in [4.69, 9.17) is 23.2 Å². The molecule has 0 radical (unpaired) electrons. The number of alkyl halides is 4. The Morgan fingerprint density at radius 1 is 1.33 bits per heavy atom. The number of methoxy groups -OCH3 is 1. The van der Waals surface area contributed by atoms with Gasteiger partial charge in [-0.2, -0.15) is 18.3 Å². The van der Waals surface area contributed by atoms with E-state index >= 15 is 0 Å². The molecule has 0 saturated carbocycles. The van der Waals surface area contributed by atoms with Crippen molar-refractivity contribution in [2.24, 2.45) is 7.05 Å². The number of ether oxygens (including phenoxy) is 1. The normalized spacial score (nSPS) is 12.7. The van der Waals surface area contributed by atoms with E-state index in [2.05, 4.69) is 9.84 Å². The molecule has 0 fully saturated rings. The van der Waals surface area contributed by atoms with Gasteiger partial charge in [-0.3, -0.25) is 14.3 Å². The summed E-state index contributed by atoms with van der Waals surface area (Å²) in [6.45, 7) is 0. The van der Waals surface area contributed by atoms with Gasteiger partial charge < -0.3 is 4.74 Å². The van der Waals surface area contributed by atoms with Gasteiger partial charge in [-0.15, -0.1) is 11.6 Å². The molecule has 146 valence electrons. The lowest BCUT2D eigenvalue weighted by Crippen LogP contribution is -2.23. The highest BCUT2D eigenvalue weighted by Crippen LogP contribution is 2.30. The zero-order valence-corrected chi connectivity index (χ0v) is 15.4. The maximum atomic E-state index is 14.3. The zero-order valence-electron chi connectivity index (χ0n) is 13.9. The molecule has 0 aliphatic heterocycles. The number of benzene rings is 1. The van der Waals surface area contributed by atoms with Gasteiger partial charge >= 0.3 is 12.1 Å². The molecule has 0 N–H and O–H groups in total. The quantitative estimate of drug-likeness (QED) is 0.425. The van der Waals surface area contributed by atoms with Crippen LogP contribution in [0.2, 0.25) is 5.02 Å². The lowest BCUT2D eigenvalue weighted by Gasteiger charge is -2.14. The third-order valence-corrected chi connectivity index (χ3v) is 4.32. The molecule has 0 bridgehead atoms. The summed E-state index contributed by atoms with van der Waals surface area (Å²) < 4.78 is 57.8. The minimum Gasteiger partial charge on any atom is -0.468 e. The molecule has 0 aliphatic rings. The van der Waals surface area contributed by atoms with E-state index in [0.717, 1.165) is 26.3 Å².